The Balaban J connectivity index is 2.14. The molecule has 21 heavy (non-hydrogen) atoms. The molecule has 2 aromatic carbocycles. The molecule has 0 aromatic heterocycles. The second kappa shape index (κ2) is 6.69. The summed E-state index contributed by atoms with van der Waals surface area (Å²) in [5, 5.41) is 14.1. The average Bonchev–Trinajstić information content (AvgIpc) is 2.42. The molecular weight excluding hydrogens is 360 g/mol. The zero-order valence-electron chi connectivity index (χ0n) is 10.7. The van der Waals surface area contributed by atoms with Gasteiger partial charge in [-0.3, -0.25) is 14.9 Å². The maximum atomic E-state index is 12.0. The molecule has 0 aliphatic rings. The van der Waals surface area contributed by atoms with E-state index in [1.807, 2.05) is 0 Å². The van der Waals surface area contributed by atoms with Gasteiger partial charge in [-0.1, -0.05) is 29.8 Å². The number of nitro groups is 1. The van der Waals surface area contributed by atoms with Gasteiger partial charge in [0.15, 0.2) is 0 Å². The fourth-order valence-electron chi connectivity index (χ4n) is 1.80. The Morgan fingerprint density at radius 2 is 2.00 bits per heavy atom. The number of halogens is 2. The van der Waals surface area contributed by atoms with Crippen LogP contribution in [0.1, 0.15) is 5.56 Å². The van der Waals surface area contributed by atoms with Crippen molar-refractivity contribution >= 4 is 44.8 Å². The van der Waals surface area contributed by atoms with Crippen molar-refractivity contribution in [3.63, 3.8) is 0 Å². The second-order valence-corrected chi connectivity index (χ2v) is 5.53. The molecule has 2 rings (SSSR count). The molecule has 2 aromatic rings. The number of nitro benzene ring substituents is 1. The van der Waals surface area contributed by atoms with Crippen LogP contribution in [0.25, 0.3) is 0 Å². The van der Waals surface area contributed by atoms with E-state index >= 15 is 0 Å². The summed E-state index contributed by atoms with van der Waals surface area (Å²) < 4.78 is 0.644. The van der Waals surface area contributed by atoms with Crippen LogP contribution in [0.2, 0.25) is 5.02 Å². The van der Waals surface area contributed by atoms with Crippen molar-refractivity contribution in [3.8, 4) is 0 Å². The van der Waals surface area contributed by atoms with Crippen molar-refractivity contribution < 1.29 is 9.72 Å². The predicted octanol–water partition coefficient (Wildman–Crippen LogP) is 4.19. The number of hydrogen-bond donors (Lipinski definition) is 1. The zero-order valence-corrected chi connectivity index (χ0v) is 13.0. The van der Waals surface area contributed by atoms with Gasteiger partial charge in [-0.25, -0.2) is 0 Å². The van der Waals surface area contributed by atoms with E-state index < -0.39 is 4.92 Å². The summed E-state index contributed by atoms with van der Waals surface area (Å²) in [5.74, 6) is -0.340. The van der Waals surface area contributed by atoms with Gasteiger partial charge < -0.3 is 5.32 Å². The Morgan fingerprint density at radius 3 is 2.67 bits per heavy atom. The van der Waals surface area contributed by atoms with Crippen LogP contribution < -0.4 is 5.32 Å². The maximum Gasteiger partial charge on any atom is 0.273 e. The Morgan fingerprint density at radius 1 is 1.29 bits per heavy atom. The molecule has 0 saturated heterocycles. The SMILES string of the molecule is O=C(Cc1ccccc1[N+](=O)[O-])Nc1ccc(Cl)cc1Br. The van der Waals surface area contributed by atoms with Crippen LogP contribution in [0.4, 0.5) is 11.4 Å². The highest BCUT2D eigenvalue weighted by atomic mass is 79.9. The number of benzene rings is 2. The highest BCUT2D eigenvalue weighted by molar-refractivity contribution is 9.10. The second-order valence-electron chi connectivity index (χ2n) is 4.23. The Bertz CT molecular complexity index is 706. The van der Waals surface area contributed by atoms with Gasteiger partial charge >= 0.3 is 0 Å². The first kappa shape index (κ1) is 15.5. The van der Waals surface area contributed by atoms with Crippen LogP contribution in [0.5, 0.6) is 0 Å². The quantitative estimate of drug-likeness (QED) is 0.648. The lowest BCUT2D eigenvalue weighted by atomic mass is 10.1. The van der Waals surface area contributed by atoms with E-state index in [9.17, 15) is 14.9 Å². The summed E-state index contributed by atoms with van der Waals surface area (Å²) in [4.78, 5) is 22.4. The number of carbonyl (C=O) groups excluding carboxylic acids is 1. The molecule has 0 bridgehead atoms. The first-order valence-electron chi connectivity index (χ1n) is 5.94. The molecule has 0 aliphatic heterocycles. The number of nitrogens with zero attached hydrogens (tertiary/aromatic N) is 1. The van der Waals surface area contributed by atoms with E-state index in [2.05, 4.69) is 21.2 Å². The molecule has 5 nitrogen and oxygen atoms in total. The van der Waals surface area contributed by atoms with Crippen molar-refractivity contribution in [2.45, 2.75) is 6.42 Å². The van der Waals surface area contributed by atoms with Gasteiger partial charge in [0, 0.05) is 21.1 Å². The van der Waals surface area contributed by atoms with Gasteiger partial charge in [0.2, 0.25) is 5.91 Å². The molecule has 0 unspecified atom stereocenters. The number of amides is 1. The van der Waals surface area contributed by atoms with Crippen molar-refractivity contribution in [2.24, 2.45) is 0 Å². The summed E-state index contributed by atoms with van der Waals surface area (Å²) in [7, 11) is 0. The molecule has 0 radical (unpaired) electrons. The third kappa shape index (κ3) is 4.03. The normalized spacial score (nSPS) is 10.2. The van der Waals surface area contributed by atoms with E-state index in [4.69, 9.17) is 11.6 Å². The van der Waals surface area contributed by atoms with Gasteiger partial charge in [0.25, 0.3) is 5.69 Å². The lowest BCUT2D eigenvalue weighted by molar-refractivity contribution is -0.385. The molecule has 108 valence electrons. The van der Waals surface area contributed by atoms with Crippen LogP contribution in [-0.4, -0.2) is 10.8 Å². The van der Waals surface area contributed by atoms with Gasteiger partial charge in [0.1, 0.15) is 0 Å². The third-order valence-corrected chi connectivity index (χ3v) is 3.64. The summed E-state index contributed by atoms with van der Waals surface area (Å²) in [6.07, 6.45) is -0.0772. The van der Waals surface area contributed by atoms with Crippen LogP contribution in [0.15, 0.2) is 46.9 Å². The average molecular weight is 370 g/mol. The van der Waals surface area contributed by atoms with Crippen LogP contribution in [0.3, 0.4) is 0 Å². The van der Waals surface area contributed by atoms with E-state index in [1.54, 1.807) is 36.4 Å². The summed E-state index contributed by atoms with van der Waals surface area (Å²) >= 11 is 9.11. The smallest absolute Gasteiger partial charge is 0.273 e. The van der Waals surface area contributed by atoms with Crippen molar-refractivity contribution in [1.29, 1.82) is 0 Å². The summed E-state index contributed by atoms with van der Waals surface area (Å²) in [6.45, 7) is 0. The molecule has 0 atom stereocenters. The van der Waals surface area contributed by atoms with Crippen molar-refractivity contribution in [1.82, 2.24) is 0 Å². The van der Waals surface area contributed by atoms with Gasteiger partial charge in [-0.15, -0.1) is 0 Å². The molecule has 0 fully saturated rings. The fraction of sp³-hybridized carbons (Fsp3) is 0.0714. The molecule has 0 heterocycles. The standard InChI is InChI=1S/C14H10BrClN2O3/c15-11-8-10(16)5-6-12(11)17-14(19)7-9-3-1-2-4-13(9)18(20)21/h1-6,8H,7H2,(H,17,19). The highest BCUT2D eigenvalue weighted by Gasteiger charge is 2.16. The lowest BCUT2D eigenvalue weighted by Crippen LogP contribution is -2.15. The third-order valence-electron chi connectivity index (χ3n) is 2.74. The van der Waals surface area contributed by atoms with Gasteiger partial charge in [-0.2, -0.15) is 0 Å². The first-order chi connectivity index (χ1) is 9.97. The minimum Gasteiger partial charge on any atom is -0.325 e. The summed E-state index contributed by atoms with van der Waals surface area (Å²) in [6, 6.07) is 11.1. The molecule has 0 aliphatic carbocycles. The number of para-hydroxylation sites is 1. The molecule has 1 N–H and O–H groups in total. The van der Waals surface area contributed by atoms with E-state index in [0.29, 0.717) is 20.7 Å². The maximum absolute atomic E-state index is 12.0. The van der Waals surface area contributed by atoms with Crippen LogP contribution in [0, 0.1) is 10.1 Å². The van der Waals surface area contributed by atoms with E-state index in [1.165, 1.54) is 6.07 Å². The molecule has 1 amide bonds. The largest absolute Gasteiger partial charge is 0.325 e. The molecule has 7 heteroatoms. The topological polar surface area (TPSA) is 72.2 Å². The first-order valence-corrected chi connectivity index (χ1v) is 7.11. The highest BCUT2D eigenvalue weighted by Crippen LogP contribution is 2.26. The van der Waals surface area contributed by atoms with Gasteiger partial charge in [0.05, 0.1) is 17.0 Å². The van der Waals surface area contributed by atoms with Crippen molar-refractivity contribution in [3.05, 3.63) is 67.6 Å². The summed E-state index contributed by atoms with van der Waals surface area (Å²) in [5.41, 5.74) is 0.857. The van der Waals surface area contributed by atoms with Gasteiger partial charge in [-0.05, 0) is 34.1 Å². The molecule has 0 spiro atoms. The number of rotatable bonds is 4. The number of carbonyl (C=O) groups is 1. The zero-order chi connectivity index (χ0) is 15.4. The molecular formula is C14H10BrClN2O3. The fourth-order valence-corrected chi connectivity index (χ4v) is 2.58. The van der Waals surface area contributed by atoms with Crippen molar-refractivity contribution in [2.75, 3.05) is 5.32 Å². The molecule has 0 saturated carbocycles. The number of hydrogen-bond acceptors (Lipinski definition) is 3. The Labute approximate surface area is 134 Å². The van der Waals surface area contributed by atoms with E-state index in [0.717, 1.165) is 0 Å². The Kier molecular flexibility index (Phi) is 4.93. The van der Waals surface area contributed by atoms with E-state index in [-0.39, 0.29) is 18.0 Å². The van der Waals surface area contributed by atoms with Crippen LogP contribution >= 0.6 is 27.5 Å². The predicted molar refractivity (Wildman–Crippen MR) is 84.6 cm³/mol. The monoisotopic (exact) mass is 368 g/mol. The minimum absolute atomic E-state index is 0.0668. The number of nitrogens with one attached hydrogen (secondary N) is 1. The lowest BCUT2D eigenvalue weighted by Gasteiger charge is -2.08. The Hall–Kier alpha value is -1.92. The number of anilines is 1. The minimum atomic E-state index is -0.499. The van der Waals surface area contributed by atoms with Crippen LogP contribution in [-0.2, 0) is 11.2 Å².